The van der Waals surface area contributed by atoms with Crippen molar-refractivity contribution in [3.05, 3.63) is 40.5 Å². The van der Waals surface area contributed by atoms with Crippen LogP contribution in [0.15, 0.2) is 40.5 Å². The van der Waals surface area contributed by atoms with Crippen LogP contribution in [-0.2, 0) is 14.6 Å². The summed E-state index contributed by atoms with van der Waals surface area (Å²) < 4.78 is 23.6. The molecule has 2 rings (SSSR count). The smallest absolute Gasteiger partial charge is 0.267 e. The number of sulfone groups is 1. The second-order valence-electron chi connectivity index (χ2n) is 4.90. The predicted octanol–water partition coefficient (Wildman–Crippen LogP) is 1.57. The maximum atomic E-state index is 12.0. The lowest BCUT2D eigenvalue weighted by Gasteiger charge is -2.08. The first kappa shape index (κ1) is 16.5. The SMILES string of the molecule is N#C/C(=C/NC1CCS(=O)(=O)C1)C(=O)Nc1ccc(Br)cc1. The van der Waals surface area contributed by atoms with Crippen molar-refractivity contribution in [2.24, 2.45) is 0 Å². The van der Waals surface area contributed by atoms with Gasteiger partial charge in [0.15, 0.2) is 9.84 Å². The lowest BCUT2D eigenvalue weighted by atomic mass is 10.2. The van der Waals surface area contributed by atoms with E-state index in [4.69, 9.17) is 5.26 Å². The Kier molecular flexibility index (Phi) is 5.21. The fourth-order valence-corrected chi connectivity index (χ4v) is 3.96. The Morgan fingerprint density at radius 2 is 2.05 bits per heavy atom. The Labute approximate surface area is 137 Å². The van der Waals surface area contributed by atoms with Crippen molar-refractivity contribution in [3.8, 4) is 6.07 Å². The third-order valence-electron chi connectivity index (χ3n) is 3.16. The molecular formula is C14H14BrN3O3S. The van der Waals surface area contributed by atoms with Crippen molar-refractivity contribution in [3.63, 3.8) is 0 Å². The van der Waals surface area contributed by atoms with Crippen molar-refractivity contribution < 1.29 is 13.2 Å². The van der Waals surface area contributed by atoms with Gasteiger partial charge in [-0.15, -0.1) is 0 Å². The molecule has 8 heteroatoms. The first-order valence-electron chi connectivity index (χ1n) is 6.53. The van der Waals surface area contributed by atoms with Crippen LogP contribution in [0.2, 0.25) is 0 Å². The Balaban J connectivity index is 1.98. The third kappa shape index (κ3) is 4.58. The van der Waals surface area contributed by atoms with Gasteiger partial charge in [-0.3, -0.25) is 4.79 Å². The van der Waals surface area contributed by atoms with E-state index in [0.717, 1.165) is 4.47 Å². The summed E-state index contributed by atoms with van der Waals surface area (Å²) in [5.74, 6) is -0.389. The summed E-state index contributed by atoms with van der Waals surface area (Å²) in [6, 6.07) is 8.50. The molecule has 1 aliphatic rings. The fourth-order valence-electron chi connectivity index (χ4n) is 2.01. The molecule has 116 valence electrons. The summed E-state index contributed by atoms with van der Waals surface area (Å²) in [4.78, 5) is 12.0. The highest BCUT2D eigenvalue weighted by molar-refractivity contribution is 9.10. The summed E-state index contributed by atoms with van der Waals surface area (Å²) in [5.41, 5.74) is 0.463. The molecule has 1 heterocycles. The molecule has 22 heavy (non-hydrogen) atoms. The van der Waals surface area contributed by atoms with Crippen molar-refractivity contribution in [1.29, 1.82) is 5.26 Å². The van der Waals surface area contributed by atoms with Crippen LogP contribution in [0, 0.1) is 11.3 Å². The molecule has 1 amide bonds. The van der Waals surface area contributed by atoms with Gasteiger partial charge in [0.25, 0.3) is 5.91 Å². The highest BCUT2D eigenvalue weighted by atomic mass is 79.9. The minimum Gasteiger partial charge on any atom is -0.386 e. The third-order valence-corrected chi connectivity index (χ3v) is 5.46. The van der Waals surface area contributed by atoms with Gasteiger partial charge in [-0.2, -0.15) is 5.26 Å². The molecule has 1 aliphatic heterocycles. The molecule has 0 spiro atoms. The molecule has 1 unspecified atom stereocenters. The van der Waals surface area contributed by atoms with Gasteiger partial charge < -0.3 is 10.6 Å². The number of hydrogen-bond acceptors (Lipinski definition) is 5. The highest BCUT2D eigenvalue weighted by Gasteiger charge is 2.27. The van der Waals surface area contributed by atoms with Crippen LogP contribution in [0.25, 0.3) is 0 Å². The van der Waals surface area contributed by atoms with Gasteiger partial charge in [0.1, 0.15) is 11.6 Å². The quantitative estimate of drug-likeness (QED) is 0.607. The van der Waals surface area contributed by atoms with Gasteiger partial charge in [-0.05, 0) is 30.7 Å². The van der Waals surface area contributed by atoms with E-state index in [1.54, 1.807) is 30.3 Å². The van der Waals surface area contributed by atoms with E-state index in [0.29, 0.717) is 12.1 Å². The van der Waals surface area contributed by atoms with Crippen LogP contribution in [0.5, 0.6) is 0 Å². The summed E-state index contributed by atoms with van der Waals surface area (Å²) >= 11 is 3.29. The molecule has 1 aromatic carbocycles. The number of nitrogens with zero attached hydrogens (tertiary/aromatic N) is 1. The number of nitriles is 1. The number of carbonyl (C=O) groups is 1. The van der Waals surface area contributed by atoms with E-state index in [-0.39, 0.29) is 23.1 Å². The van der Waals surface area contributed by atoms with Gasteiger partial charge in [0.2, 0.25) is 0 Å². The molecule has 1 saturated heterocycles. The van der Waals surface area contributed by atoms with Gasteiger partial charge in [-0.1, -0.05) is 15.9 Å². The lowest BCUT2D eigenvalue weighted by molar-refractivity contribution is -0.112. The van der Waals surface area contributed by atoms with Crippen LogP contribution in [0.3, 0.4) is 0 Å². The van der Waals surface area contributed by atoms with E-state index in [1.807, 2.05) is 0 Å². The molecule has 1 fully saturated rings. The van der Waals surface area contributed by atoms with Crippen LogP contribution in [0.4, 0.5) is 5.69 Å². The number of nitrogens with one attached hydrogen (secondary N) is 2. The number of amides is 1. The fraction of sp³-hybridized carbons (Fsp3) is 0.286. The standard InChI is InChI=1S/C14H14BrN3O3S/c15-11-1-3-12(4-2-11)18-14(19)10(7-16)8-17-13-5-6-22(20,21)9-13/h1-4,8,13,17H,5-6,9H2,(H,18,19)/b10-8-. The van der Waals surface area contributed by atoms with Gasteiger partial charge in [-0.25, -0.2) is 8.42 Å². The minimum atomic E-state index is -3.00. The van der Waals surface area contributed by atoms with Crippen molar-refractivity contribution in [2.45, 2.75) is 12.5 Å². The first-order valence-corrected chi connectivity index (χ1v) is 9.15. The average Bonchev–Trinajstić information content (AvgIpc) is 2.81. The van der Waals surface area contributed by atoms with E-state index < -0.39 is 15.7 Å². The number of halogens is 1. The average molecular weight is 384 g/mol. The van der Waals surface area contributed by atoms with Crippen LogP contribution < -0.4 is 10.6 Å². The molecule has 0 bridgehead atoms. The zero-order valence-electron chi connectivity index (χ0n) is 11.5. The van der Waals surface area contributed by atoms with Crippen LogP contribution >= 0.6 is 15.9 Å². The molecule has 2 N–H and O–H groups in total. The van der Waals surface area contributed by atoms with Gasteiger partial charge in [0.05, 0.1) is 11.5 Å². The normalized spacial score (nSPS) is 20.2. The number of hydrogen-bond donors (Lipinski definition) is 2. The molecule has 1 aromatic rings. The minimum absolute atomic E-state index is 0.0243. The predicted molar refractivity (Wildman–Crippen MR) is 86.7 cm³/mol. The number of carbonyl (C=O) groups excluding carboxylic acids is 1. The molecular weight excluding hydrogens is 370 g/mol. The first-order chi connectivity index (χ1) is 10.4. The number of benzene rings is 1. The Hall–Kier alpha value is -1.85. The molecule has 0 aromatic heterocycles. The zero-order chi connectivity index (χ0) is 16.2. The molecule has 6 nitrogen and oxygen atoms in total. The van der Waals surface area contributed by atoms with Crippen LogP contribution in [-0.4, -0.2) is 31.9 Å². The van der Waals surface area contributed by atoms with E-state index in [9.17, 15) is 13.2 Å². The molecule has 0 radical (unpaired) electrons. The molecule has 0 saturated carbocycles. The van der Waals surface area contributed by atoms with Crippen molar-refractivity contribution in [1.82, 2.24) is 5.32 Å². The van der Waals surface area contributed by atoms with Gasteiger partial charge in [0, 0.05) is 22.4 Å². The van der Waals surface area contributed by atoms with Crippen molar-refractivity contribution >= 4 is 37.4 Å². The van der Waals surface area contributed by atoms with Crippen molar-refractivity contribution in [2.75, 3.05) is 16.8 Å². The Morgan fingerprint density at radius 1 is 1.36 bits per heavy atom. The topological polar surface area (TPSA) is 99.1 Å². The maximum Gasteiger partial charge on any atom is 0.267 e. The highest BCUT2D eigenvalue weighted by Crippen LogP contribution is 2.15. The Morgan fingerprint density at radius 3 is 2.59 bits per heavy atom. The monoisotopic (exact) mass is 383 g/mol. The second kappa shape index (κ2) is 6.94. The van der Waals surface area contributed by atoms with E-state index in [1.165, 1.54) is 6.20 Å². The zero-order valence-corrected chi connectivity index (χ0v) is 13.9. The number of rotatable bonds is 4. The largest absolute Gasteiger partial charge is 0.386 e. The maximum absolute atomic E-state index is 12.0. The number of anilines is 1. The summed E-state index contributed by atoms with van der Waals surface area (Å²) in [6.45, 7) is 0. The Bertz CT molecular complexity index is 736. The summed E-state index contributed by atoms with van der Waals surface area (Å²) in [6.07, 6.45) is 1.76. The second-order valence-corrected chi connectivity index (χ2v) is 8.04. The molecule has 0 aliphatic carbocycles. The van der Waals surface area contributed by atoms with Crippen LogP contribution in [0.1, 0.15) is 6.42 Å². The van der Waals surface area contributed by atoms with E-state index in [2.05, 4.69) is 26.6 Å². The summed E-state index contributed by atoms with van der Waals surface area (Å²) in [5, 5.41) is 14.5. The van der Waals surface area contributed by atoms with Gasteiger partial charge >= 0.3 is 0 Å². The summed E-state index contributed by atoms with van der Waals surface area (Å²) in [7, 11) is -3.00. The lowest BCUT2D eigenvalue weighted by Crippen LogP contribution is -2.27. The van der Waals surface area contributed by atoms with E-state index >= 15 is 0 Å². The molecule has 1 atom stereocenters.